The molecule has 0 aromatic carbocycles. The van der Waals surface area contributed by atoms with Gasteiger partial charge in [0.2, 0.25) is 0 Å². The lowest BCUT2D eigenvalue weighted by Gasteiger charge is -2.09. The van der Waals surface area contributed by atoms with Crippen molar-refractivity contribution in [2.45, 2.75) is 39.7 Å². The Balaban J connectivity index is 3.80. The molecule has 1 unspecified atom stereocenters. The van der Waals surface area contributed by atoms with Crippen LogP contribution in [0.1, 0.15) is 33.6 Å². The molecule has 5 heteroatoms. The average molecular weight is 243 g/mol. The molecule has 1 N–H and O–H groups in total. The number of ether oxygens (including phenoxy) is 2. The Bertz CT molecular complexity index is 263. The number of carbonyl (C=O) groups is 2. The number of hydrogen-bond acceptors (Lipinski definition) is 4. The van der Waals surface area contributed by atoms with Crippen molar-refractivity contribution in [2.75, 3.05) is 13.2 Å². The highest BCUT2D eigenvalue weighted by atomic mass is 16.6. The maximum absolute atomic E-state index is 11.2. The molecule has 0 spiro atoms. The zero-order valence-electron chi connectivity index (χ0n) is 10.7. The summed E-state index contributed by atoms with van der Waals surface area (Å²) in [5.41, 5.74) is 0. The van der Waals surface area contributed by atoms with Gasteiger partial charge in [0.05, 0.1) is 6.61 Å². The molecule has 0 fully saturated rings. The molecule has 0 aliphatic rings. The molecule has 0 bridgehead atoms. The maximum atomic E-state index is 11.2. The second kappa shape index (κ2) is 9.69. The molecule has 0 radical (unpaired) electrons. The SMILES string of the molecule is CCCCNC(=O)OC(C)C=CC(=O)OCC. The second-order valence-electron chi connectivity index (χ2n) is 3.50. The van der Waals surface area contributed by atoms with Gasteiger partial charge in [-0.1, -0.05) is 13.3 Å². The average Bonchev–Trinajstić information content (AvgIpc) is 2.27. The molecule has 0 aromatic rings. The number of amides is 1. The summed E-state index contributed by atoms with van der Waals surface area (Å²) < 4.78 is 9.68. The second-order valence-corrected chi connectivity index (χ2v) is 3.50. The quantitative estimate of drug-likeness (QED) is 0.422. The van der Waals surface area contributed by atoms with E-state index in [-0.39, 0.29) is 0 Å². The van der Waals surface area contributed by atoms with Crippen LogP contribution in [0.5, 0.6) is 0 Å². The van der Waals surface area contributed by atoms with Crippen molar-refractivity contribution >= 4 is 12.1 Å². The highest BCUT2D eigenvalue weighted by molar-refractivity contribution is 5.82. The van der Waals surface area contributed by atoms with E-state index in [2.05, 4.69) is 5.32 Å². The molecule has 17 heavy (non-hydrogen) atoms. The monoisotopic (exact) mass is 243 g/mol. The van der Waals surface area contributed by atoms with Crippen LogP contribution in [0.3, 0.4) is 0 Å². The minimum absolute atomic E-state index is 0.329. The van der Waals surface area contributed by atoms with Gasteiger partial charge in [0.15, 0.2) is 0 Å². The Morgan fingerprint density at radius 2 is 2.06 bits per heavy atom. The largest absolute Gasteiger partial charge is 0.463 e. The van der Waals surface area contributed by atoms with E-state index in [0.29, 0.717) is 13.2 Å². The van der Waals surface area contributed by atoms with Crippen molar-refractivity contribution < 1.29 is 19.1 Å². The van der Waals surface area contributed by atoms with Crippen LogP contribution < -0.4 is 5.32 Å². The van der Waals surface area contributed by atoms with Gasteiger partial charge < -0.3 is 14.8 Å². The number of rotatable bonds is 7. The molecular formula is C12H21NO4. The fourth-order valence-corrected chi connectivity index (χ4v) is 1.02. The Morgan fingerprint density at radius 3 is 2.65 bits per heavy atom. The molecule has 0 aliphatic heterocycles. The molecule has 0 aromatic heterocycles. The Hall–Kier alpha value is -1.52. The molecule has 1 atom stereocenters. The van der Waals surface area contributed by atoms with E-state index in [1.165, 1.54) is 12.2 Å². The first-order valence-electron chi connectivity index (χ1n) is 5.89. The predicted molar refractivity (Wildman–Crippen MR) is 64.6 cm³/mol. The van der Waals surface area contributed by atoms with Gasteiger partial charge in [-0.2, -0.15) is 0 Å². The highest BCUT2D eigenvalue weighted by Crippen LogP contribution is 1.95. The molecule has 5 nitrogen and oxygen atoms in total. The Labute approximate surface area is 102 Å². The summed E-state index contributed by atoms with van der Waals surface area (Å²) in [5.74, 6) is -0.436. The lowest BCUT2D eigenvalue weighted by Crippen LogP contribution is -2.28. The number of unbranched alkanes of at least 4 members (excludes halogenated alkanes) is 1. The van der Waals surface area contributed by atoms with E-state index in [1.54, 1.807) is 13.8 Å². The van der Waals surface area contributed by atoms with Crippen molar-refractivity contribution in [3.05, 3.63) is 12.2 Å². The third-order valence-corrected chi connectivity index (χ3v) is 1.88. The van der Waals surface area contributed by atoms with Gasteiger partial charge in [-0.15, -0.1) is 0 Å². The van der Waals surface area contributed by atoms with E-state index in [4.69, 9.17) is 9.47 Å². The Kier molecular flexibility index (Phi) is 8.82. The van der Waals surface area contributed by atoms with Crippen molar-refractivity contribution in [3.8, 4) is 0 Å². The maximum Gasteiger partial charge on any atom is 0.407 e. The normalized spacial score (nSPS) is 12.2. The van der Waals surface area contributed by atoms with Crippen molar-refractivity contribution in [1.29, 1.82) is 0 Å². The molecule has 0 saturated carbocycles. The molecule has 0 rings (SSSR count). The van der Waals surface area contributed by atoms with Crippen molar-refractivity contribution in [1.82, 2.24) is 5.32 Å². The van der Waals surface area contributed by atoms with Crippen LogP contribution in [0.25, 0.3) is 0 Å². The first-order valence-corrected chi connectivity index (χ1v) is 5.89. The van der Waals surface area contributed by atoms with Crippen LogP contribution in [-0.2, 0) is 14.3 Å². The number of hydrogen-bond donors (Lipinski definition) is 1. The van der Waals surface area contributed by atoms with Crippen LogP contribution >= 0.6 is 0 Å². The molecule has 98 valence electrons. The van der Waals surface area contributed by atoms with Crippen molar-refractivity contribution in [3.63, 3.8) is 0 Å². The van der Waals surface area contributed by atoms with Crippen LogP contribution in [0, 0.1) is 0 Å². The Morgan fingerprint density at radius 1 is 1.35 bits per heavy atom. The fourth-order valence-electron chi connectivity index (χ4n) is 1.02. The van der Waals surface area contributed by atoms with Crippen LogP contribution in [0.4, 0.5) is 4.79 Å². The predicted octanol–water partition coefficient (Wildman–Crippen LogP) is 2.02. The fraction of sp³-hybridized carbons (Fsp3) is 0.667. The lowest BCUT2D eigenvalue weighted by atomic mass is 10.3. The molecule has 0 heterocycles. The zero-order valence-corrected chi connectivity index (χ0v) is 10.7. The smallest absolute Gasteiger partial charge is 0.407 e. The summed E-state index contributed by atoms with van der Waals surface area (Å²) >= 11 is 0. The van der Waals surface area contributed by atoms with E-state index >= 15 is 0 Å². The minimum atomic E-state index is -0.473. The van der Waals surface area contributed by atoms with Gasteiger partial charge in [-0.05, 0) is 26.3 Å². The molecule has 0 saturated heterocycles. The minimum Gasteiger partial charge on any atom is -0.463 e. The third kappa shape index (κ3) is 9.41. The standard InChI is InChI=1S/C12H21NO4/c1-4-6-9-13-12(15)17-10(3)7-8-11(14)16-5-2/h7-8,10H,4-6,9H2,1-3H3,(H,13,15). The van der Waals surface area contributed by atoms with Crippen molar-refractivity contribution in [2.24, 2.45) is 0 Å². The van der Waals surface area contributed by atoms with Crippen LogP contribution in [0.2, 0.25) is 0 Å². The van der Waals surface area contributed by atoms with E-state index in [1.807, 2.05) is 6.92 Å². The summed E-state index contributed by atoms with van der Waals surface area (Å²) in [4.78, 5) is 22.2. The highest BCUT2D eigenvalue weighted by Gasteiger charge is 2.05. The lowest BCUT2D eigenvalue weighted by molar-refractivity contribution is -0.137. The van der Waals surface area contributed by atoms with Crippen LogP contribution in [0.15, 0.2) is 12.2 Å². The summed E-state index contributed by atoms with van der Waals surface area (Å²) in [6.07, 6.45) is 3.74. The molecule has 1 amide bonds. The third-order valence-electron chi connectivity index (χ3n) is 1.88. The van der Waals surface area contributed by atoms with Gasteiger partial charge in [0.25, 0.3) is 0 Å². The van der Waals surface area contributed by atoms with E-state index in [9.17, 15) is 9.59 Å². The number of esters is 1. The first-order chi connectivity index (χ1) is 8.10. The van der Waals surface area contributed by atoms with E-state index in [0.717, 1.165) is 12.8 Å². The van der Waals surface area contributed by atoms with Gasteiger partial charge in [-0.3, -0.25) is 0 Å². The first kappa shape index (κ1) is 15.5. The summed E-state index contributed by atoms with van der Waals surface area (Å²) in [6.45, 7) is 6.37. The van der Waals surface area contributed by atoms with Gasteiger partial charge >= 0.3 is 12.1 Å². The summed E-state index contributed by atoms with van der Waals surface area (Å²) in [6, 6.07) is 0. The number of alkyl carbamates (subject to hydrolysis) is 1. The van der Waals surface area contributed by atoms with Crippen LogP contribution in [-0.4, -0.2) is 31.3 Å². The number of nitrogens with one attached hydrogen (secondary N) is 1. The number of carbonyl (C=O) groups excluding carboxylic acids is 2. The molecular weight excluding hydrogens is 222 g/mol. The van der Waals surface area contributed by atoms with E-state index < -0.39 is 18.2 Å². The van der Waals surface area contributed by atoms with Gasteiger partial charge in [0, 0.05) is 12.6 Å². The summed E-state index contributed by atoms with van der Waals surface area (Å²) in [7, 11) is 0. The summed E-state index contributed by atoms with van der Waals surface area (Å²) in [5, 5.41) is 2.62. The van der Waals surface area contributed by atoms with Gasteiger partial charge in [-0.25, -0.2) is 9.59 Å². The van der Waals surface area contributed by atoms with Gasteiger partial charge in [0.1, 0.15) is 6.10 Å². The molecule has 0 aliphatic carbocycles. The zero-order chi connectivity index (χ0) is 13.1. The topological polar surface area (TPSA) is 64.6 Å².